The van der Waals surface area contributed by atoms with Gasteiger partial charge in [-0.05, 0) is 20.8 Å². The van der Waals surface area contributed by atoms with E-state index in [0.717, 1.165) is 4.57 Å². The molecule has 0 radical (unpaired) electrons. The molecule has 2 rings (SSSR count). The molecule has 1 N–H and O–H groups in total. The third-order valence-corrected chi connectivity index (χ3v) is 3.23. The highest BCUT2D eigenvalue weighted by molar-refractivity contribution is 5.84. The van der Waals surface area contributed by atoms with Gasteiger partial charge in [-0.2, -0.15) is 0 Å². The van der Waals surface area contributed by atoms with Crippen molar-refractivity contribution in [2.45, 2.75) is 32.9 Å². The van der Waals surface area contributed by atoms with Crippen molar-refractivity contribution in [1.82, 2.24) is 9.55 Å². The number of aromatic nitrogens is 2. The normalized spacial score (nSPS) is 10.9. The number of carbonyl (C=O) groups excluding carboxylic acids is 2. The molecule has 0 atom stereocenters. The standard InChI is InChI=1S/C18H21N3O5/c1-18(2,3)26-17(24)20-13-10-19-15(12-8-6-5-7-9-12)21(16(13)23)11-14(22)25-4/h5-10H,11H2,1-4H3,(H,20,24). The minimum atomic E-state index is -0.784. The highest BCUT2D eigenvalue weighted by Crippen LogP contribution is 2.17. The molecule has 0 spiro atoms. The largest absolute Gasteiger partial charge is 0.468 e. The van der Waals surface area contributed by atoms with Gasteiger partial charge in [-0.15, -0.1) is 0 Å². The molecule has 138 valence electrons. The molecule has 0 aliphatic rings. The van der Waals surface area contributed by atoms with Crippen LogP contribution in [-0.4, -0.2) is 34.3 Å². The fourth-order valence-corrected chi connectivity index (χ4v) is 2.15. The smallest absolute Gasteiger partial charge is 0.412 e. The summed E-state index contributed by atoms with van der Waals surface area (Å²) in [4.78, 5) is 40.6. The molecule has 0 aliphatic heterocycles. The van der Waals surface area contributed by atoms with Crippen LogP contribution in [0.1, 0.15) is 20.8 Å². The summed E-state index contributed by atoms with van der Waals surface area (Å²) in [5.41, 5.74) is -0.748. The molecule has 1 aromatic heterocycles. The molecule has 26 heavy (non-hydrogen) atoms. The van der Waals surface area contributed by atoms with Crippen molar-refractivity contribution >= 4 is 17.7 Å². The van der Waals surface area contributed by atoms with Crippen molar-refractivity contribution in [2.24, 2.45) is 0 Å². The van der Waals surface area contributed by atoms with Gasteiger partial charge in [-0.3, -0.25) is 19.5 Å². The summed E-state index contributed by atoms with van der Waals surface area (Å²) in [7, 11) is 1.23. The van der Waals surface area contributed by atoms with Gasteiger partial charge in [0.2, 0.25) is 0 Å². The molecule has 0 aliphatic carbocycles. The molecule has 8 nitrogen and oxygen atoms in total. The first kappa shape index (κ1) is 19.2. The molecular weight excluding hydrogens is 338 g/mol. The number of anilines is 1. The molecule has 2 aromatic rings. The third-order valence-electron chi connectivity index (χ3n) is 3.23. The van der Waals surface area contributed by atoms with E-state index >= 15 is 0 Å². The molecule has 1 amide bonds. The van der Waals surface area contributed by atoms with Crippen molar-refractivity contribution in [3.05, 3.63) is 46.9 Å². The van der Waals surface area contributed by atoms with Gasteiger partial charge in [0.05, 0.1) is 13.3 Å². The lowest BCUT2D eigenvalue weighted by molar-refractivity contribution is -0.141. The van der Waals surface area contributed by atoms with E-state index in [2.05, 4.69) is 15.0 Å². The number of ether oxygens (including phenoxy) is 2. The lowest BCUT2D eigenvalue weighted by Gasteiger charge is -2.20. The zero-order chi connectivity index (χ0) is 19.3. The number of benzene rings is 1. The molecule has 8 heteroatoms. The number of esters is 1. The maximum absolute atomic E-state index is 12.8. The minimum absolute atomic E-state index is 0.0946. The maximum Gasteiger partial charge on any atom is 0.412 e. The Morgan fingerprint density at radius 3 is 2.42 bits per heavy atom. The Bertz CT molecular complexity index is 853. The van der Waals surface area contributed by atoms with Gasteiger partial charge in [0.1, 0.15) is 23.7 Å². The van der Waals surface area contributed by atoms with Crippen LogP contribution in [0.3, 0.4) is 0 Å². The predicted octanol–water partition coefficient (Wildman–Crippen LogP) is 2.43. The molecule has 0 bridgehead atoms. The Morgan fingerprint density at radius 2 is 1.85 bits per heavy atom. The second kappa shape index (κ2) is 7.81. The minimum Gasteiger partial charge on any atom is -0.468 e. The van der Waals surface area contributed by atoms with Crippen molar-refractivity contribution in [3.8, 4) is 11.4 Å². The second-order valence-electron chi connectivity index (χ2n) is 6.46. The summed E-state index contributed by atoms with van der Waals surface area (Å²) in [6.07, 6.45) is 0.455. The average Bonchev–Trinajstić information content (AvgIpc) is 2.57. The van der Waals surface area contributed by atoms with Gasteiger partial charge in [-0.1, -0.05) is 30.3 Å². The Kier molecular flexibility index (Phi) is 5.76. The highest BCUT2D eigenvalue weighted by atomic mass is 16.6. The van der Waals surface area contributed by atoms with E-state index in [-0.39, 0.29) is 18.1 Å². The Hall–Kier alpha value is -3.16. The molecule has 0 saturated heterocycles. The SMILES string of the molecule is COC(=O)Cn1c(-c2ccccc2)ncc(NC(=O)OC(C)(C)C)c1=O. The van der Waals surface area contributed by atoms with Crippen LogP contribution >= 0.6 is 0 Å². The quantitative estimate of drug-likeness (QED) is 0.842. The summed E-state index contributed by atoms with van der Waals surface area (Å²) in [6.45, 7) is 4.78. The van der Waals surface area contributed by atoms with Crippen molar-refractivity contribution in [3.63, 3.8) is 0 Å². The number of hydrogen-bond acceptors (Lipinski definition) is 6. The Balaban J connectivity index is 2.44. The van der Waals surface area contributed by atoms with Gasteiger partial charge in [-0.25, -0.2) is 9.78 Å². The molecule has 0 saturated carbocycles. The average molecular weight is 359 g/mol. The number of carbonyl (C=O) groups is 2. The molecular formula is C18H21N3O5. The van der Waals surface area contributed by atoms with E-state index < -0.39 is 23.2 Å². The zero-order valence-corrected chi connectivity index (χ0v) is 15.1. The van der Waals surface area contributed by atoms with Crippen LogP contribution in [0, 0.1) is 0 Å². The van der Waals surface area contributed by atoms with Crippen molar-refractivity contribution in [1.29, 1.82) is 0 Å². The van der Waals surface area contributed by atoms with E-state index in [1.807, 2.05) is 6.07 Å². The summed E-state index contributed by atoms with van der Waals surface area (Å²) in [5, 5.41) is 2.37. The van der Waals surface area contributed by atoms with E-state index in [1.54, 1.807) is 45.0 Å². The number of nitrogens with zero attached hydrogens (tertiary/aromatic N) is 2. The van der Waals surface area contributed by atoms with Crippen LogP contribution in [-0.2, 0) is 20.8 Å². The molecule has 0 fully saturated rings. The van der Waals surface area contributed by atoms with Crippen LogP contribution in [0.25, 0.3) is 11.4 Å². The van der Waals surface area contributed by atoms with Crippen LogP contribution in [0.5, 0.6) is 0 Å². The van der Waals surface area contributed by atoms with Gasteiger partial charge in [0.15, 0.2) is 0 Å². The van der Waals surface area contributed by atoms with Crippen molar-refractivity contribution < 1.29 is 19.1 Å². The number of methoxy groups -OCH3 is 1. The van der Waals surface area contributed by atoms with Gasteiger partial charge in [0, 0.05) is 5.56 Å². The number of rotatable bonds is 4. The topological polar surface area (TPSA) is 99.5 Å². The molecule has 0 unspecified atom stereocenters. The van der Waals surface area contributed by atoms with Crippen LogP contribution in [0.2, 0.25) is 0 Å². The zero-order valence-electron chi connectivity index (χ0n) is 15.1. The third kappa shape index (κ3) is 4.92. The van der Waals surface area contributed by atoms with Gasteiger partial charge >= 0.3 is 12.1 Å². The second-order valence-corrected chi connectivity index (χ2v) is 6.46. The van der Waals surface area contributed by atoms with E-state index in [0.29, 0.717) is 5.56 Å². The maximum atomic E-state index is 12.8. The monoisotopic (exact) mass is 359 g/mol. The lowest BCUT2D eigenvalue weighted by Crippen LogP contribution is -2.33. The van der Waals surface area contributed by atoms with Crippen LogP contribution in [0.4, 0.5) is 10.5 Å². The Labute approximate surface area is 150 Å². The summed E-state index contributed by atoms with van der Waals surface area (Å²) in [5.74, 6) is -0.323. The first-order chi connectivity index (χ1) is 12.2. The lowest BCUT2D eigenvalue weighted by atomic mass is 10.2. The first-order valence-electron chi connectivity index (χ1n) is 7.93. The van der Waals surface area contributed by atoms with Crippen molar-refractivity contribution in [2.75, 3.05) is 12.4 Å². The number of amides is 1. The summed E-state index contributed by atoms with van der Waals surface area (Å²) >= 11 is 0. The Morgan fingerprint density at radius 1 is 1.19 bits per heavy atom. The first-order valence-corrected chi connectivity index (χ1v) is 7.93. The predicted molar refractivity (Wildman–Crippen MR) is 95.8 cm³/mol. The summed E-state index contributed by atoms with van der Waals surface area (Å²) < 4.78 is 10.9. The number of hydrogen-bond donors (Lipinski definition) is 1. The van der Waals surface area contributed by atoms with E-state index in [4.69, 9.17) is 4.74 Å². The summed E-state index contributed by atoms with van der Waals surface area (Å²) in [6, 6.07) is 8.92. The fraction of sp³-hybridized carbons (Fsp3) is 0.333. The van der Waals surface area contributed by atoms with Gasteiger partial charge in [0.25, 0.3) is 5.56 Å². The molecule has 1 aromatic carbocycles. The van der Waals surface area contributed by atoms with Crippen LogP contribution in [0.15, 0.2) is 41.3 Å². The van der Waals surface area contributed by atoms with Crippen LogP contribution < -0.4 is 10.9 Å². The van der Waals surface area contributed by atoms with E-state index in [1.165, 1.54) is 13.3 Å². The molecule has 1 heterocycles. The highest BCUT2D eigenvalue weighted by Gasteiger charge is 2.20. The van der Waals surface area contributed by atoms with E-state index in [9.17, 15) is 14.4 Å². The van der Waals surface area contributed by atoms with Gasteiger partial charge < -0.3 is 9.47 Å². The number of nitrogens with one attached hydrogen (secondary N) is 1. The fourth-order valence-electron chi connectivity index (χ4n) is 2.15.